The van der Waals surface area contributed by atoms with E-state index in [4.69, 9.17) is 28.3 Å². The molecule has 5 aromatic carbocycles. The van der Waals surface area contributed by atoms with Crippen LogP contribution in [0.15, 0.2) is 191 Å². The van der Waals surface area contributed by atoms with Gasteiger partial charge in [0.2, 0.25) is 0 Å². The first-order valence-electron chi connectivity index (χ1n) is 26.0. The van der Waals surface area contributed by atoms with Crippen LogP contribution in [0, 0.1) is 0 Å². The van der Waals surface area contributed by atoms with Gasteiger partial charge < -0.3 is 50.2 Å². The predicted molar refractivity (Wildman–Crippen MR) is 312 cm³/mol. The third-order valence-electron chi connectivity index (χ3n) is 12.8. The van der Waals surface area contributed by atoms with E-state index < -0.39 is 0 Å². The first-order valence-corrected chi connectivity index (χ1v) is 26.0. The highest BCUT2D eigenvalue weighted by Crippen LogP contribution is 2.36. The molecule has 2 amide bonds. The molecule has 0 saturated carbocycles. The van der Waals surface area contributed by atoms with Crippen molar-refractivity contribution in [3.8, 4) is 50.5 Å². The average Bonchev–Trinajstić information content (AvgIpc) is 4.15. The number of nitrogens with zero attached hydrogens (tertiary/aromatic N) is 6. The summed E-state index contributed by atoms with van der Waals surface area (Å²) in [5, 5.41) is 19.0. The Morgan fingerprint density at radius 2 is 1.04 bits per heavy atom. The number of nitrogens with one attached hydrogen (secondary N) is 6. The Balaban J connectivity index is 0.679. The minimum atomic E-state index is -0.389. The monoisotopic (exact) mass is 1060 g/mol. The molecule has 11 rings (SSSR count). The van der Waals surface area contributed by atoms with E-state index in [0.717, 1.165) is 57.7 Å². The second kappa shape index (κ2) is 24.3. The molecule has 80 heavy (non-hydrogen) atoms. The minimum Gasteiger partial charge on any atom is -0.497 e. The van der Waals surface area contributed by atoms with Crippen LogP contribution in [0.3, 0.4) is 0 Å². The number of benzene rings is 5. The number of aromatic nitrogens is 6. The molecule has 11 aromatic rings. The SMILES string of the molecule is CCCNc1nc2cc(-c3ccccc3)c(NC(=O)c3cccc(-c4ccc(NCOCCNc5nc6cc(-c7ccccc7)c(NC(=O)c7cccc(-c8ccc(NCc9ccc(OC)cc9)nc8)n7)cc6o5)nc4)n3)cc2o1. The highest BCUT2D eigenvalue weighted by Gasteiger charge is 2.19. The van der Waals surface area contributed by atoms with E-state index in [-0.39, 0.29) is 29.9 Å². The largest absolute Gasteiger partial charge is 0.497 e. The fourth-order valence-electron chi connectivity index (χ4n) is 8.73. The van der Waals surface area contributed by atoms with Gasteiger partial charge in [0.25, 0.3) is 23.8 Å². The lowest BCUT2D eigenvalue weighted by Crippen LogP contribution is -2.15. The van der Waals surface area contributed by atoms with Crippen LogP contribution in [0.4, 0.5) is 35.0 Å². The summed E-state index contributed by atoms with van der Waals surface area (Å²) in [6.45, 7) is 4.30. The van der Waals surface area contributed by atoms with Gasteiger partial charge in [-0.1, -0.05) is 91.9 Å². The lowest BCUT2D eigenvalue weighted by atomic mass is 10.0. The van der Waals surface area contributed by atoms with Crippen molar-refractivity contribution >= 4 is 69.1 Å². The number of pyridine rings is 4. The molecular weight excluding hydrogens is 1010 g/mol. The van der Waals surface area contributed by atoms with Crippen molar-refractivity contribution in [2.75, 3.05) is 65.4 Å². The molecule has 0 radical (unpaired) electrons. The van der Waals surface area contributed by atoms with E-state index in [1.807, 2.05) is 133 Å². The molecule has 0 spiro atoms. The van der Waals surface area contributed by atoms with Crippen LogP contribution in [0.1, 0.15) is 39.9 Å². The number of anilines is 6. The number of hydrogen-bond donors (Lipinski definition) is 6. The van der Waals surface area contributed by atoms with Crippen molar-refractivity contribution < 1.29 is 27.9 Å². The van der Waals surface area contributed by atoms with E-state index in [0.29, 0.717) is 88.3 Å². The van der Waals surface area contributed by atoms with E-state index in [1.165, 1.54) is 0 Å². The summed E-state index contributed by atoms with van der Waals surface area (Å²) >= 11 is 0. The van der Waals surface area contributed by atoms with E-state index in [1.54, 1.807) is 55.9 Å². The zero-order chi connectivity index (χ0) is 54.6. The van der Waals surface area contributed by atoms with Gasteiger partial charge in [0.1, 0.15) is 46.5 Å². The molecule has 0 fully saturated rings. The van der Waals surface area contributed by atoms with Crippen molar-refractivity contribution in [3.63, 3.8) is 0 Å². The van der Waals surface area contributed by atoms with Gasteiger partial charge >= 0.3 is 0 Å². The summed E-state index contributed by atoms with van der Waals surface area (Å²) in [5.74, 6) is 1.34. The number of oxazole rings is 2. The highest BCUT2D eigenvalue weighted by atomic mass is 16.5. The summed E-state index contributed by atoms with van der Waals surface area (Å²) in [6.07, 6.45) is 4.34. The third-order valence-corrected chi connectivity index (χ3v) is 12.8. The quantitative estimate of drug-likeness (QED) is 0.0274. The second-order valence-electron chi connectivity index (χ2n) is 18.4. The number of amides is 2. The Morgan fingerprint density at radius 3 is 1.54 bits per heavy atom. The molecule has 0 saturated heterocycles. The van der Waals surface area contributed by atoms with E-state index in [9.17, 15) is 9.59 Å². The summed E-state index contributed by atoms with van der Waals surface area (Å²) in [6, 6.07) is 53.6. The number of fused-ring (bicyclic) bond motifs is 2. The topological polar surface area (TPSA) is 228 Å². The maximum atomic E-state index is 13.9. The fraction of sp³-hybridized carbons (Fsp3) is 0.129. The Labute approximate surface area is 460 Å². The van der Waals surface area contributed by atoms with Crippen molar-refractivity contribution in [2.45, 2.75) is 19.9 Å². The lowest BCUT2D eigenvalue weighted by molar-refractivity contribution is 0.101. The molecule has 6 heterocycles. The lowest BCUT2D eigenvalue weighted by Gasteiger charge is -2.12. The molecule has 18 heteroatoms. The summed E-state index contributed by atoms with van der Waals surface area (Å²) in [7, 11) is 1.64. The molecular formula is C62H54N12O6. The molecule has 0 aliphatic carbocycles. The van der Waals surface area contributed by atoms with Gasteiger partial charge in [-0.05, 0) is 95.9 Å². The van der Waals surface area contributed by atoms with Crippen molar-refractivity contribution in [1.29, 1.82) is 0 Å². The number of hydrogen-bond acceptors (Lipinski definition) is 16. The van der Waals surface area contributed by atoms with Gasteiger partial charge in [0, 0.05) is 66.4 Å². The maximum absolute atomic E-state index is 13.9. The van der Waals surface area contributed by atoms with Crippen molar-refractivity contribution in [1.82, 2.24) is 29.9 Å². The first kappa shape index (κ1) is 51.6. The Morgan fingerprint density at radius 1 is 0.512 bits per heavy atom. The predicted octanol–water partition coefficient (Wildman–Crippen LogP) is 12.7. The summed E-state index contributed by atoms with van der Waals surface area (Å²) < 4.78 is 23.2. The zero-order valence-electron chi connectivity index (χ0n) is 43.7. The summed E-state index contributed by atoms with van der Waals surface area (Å²) in [5.41, 5.74) is 11.0. The minimum absolute atomic E-state index is 0.185. The van der Waals surface area contributed by atoms with Gasteiger partial charge in [0.15, 0.2) is 11.2 Å². The summed E-state index contributed by atoms with van der Waals surface area (Å²) in [4.78, 5) is 55.5. The maximum Gasteiger partial charge on any atom is 0.295 e. The van der Waals surface area contributed by atoms with Crippen molar-refractivity contribution in [3.05, 3.63) is 199 Å². The van der Waals surface area contributed by atoms with E-state index >= 15 is 0 Å². The van der Waals surface area contributed by atoms with Gasteiger partial charge in [0.05, 0.1) is 36.5 Å². The van der Waals surface area contributed by atoms with Crippen LogP contribution in [0.2, 0.25) is 0 Å². The molecule has 6 aromatic heterocycles. The third kappa shape index (κ3) is 12.4. The smallest absolute Gasteiger partial charge is 0.295 e. The number of ether oxygens (including phenoxy) is 2. The van der Waals surface area contributed by atoms with Gasteiger partial charge in [-0.3, -0.25) is 9.59 Å². The van der Waals surface area contributed by atoms with Crippen LogP contribution in [0.25, 0.3) is 67.0 Å². The van der Waals surface area contributed by atoms with Gasteiger partial charge in [-0.15, -0.1) is 0 Å². The van der Waals surface area contributed by atoms with Crippen LogP contribution in [-0.2, 0) is 11.3 Å². The molecule has 0 aliphatic heterocycles. The number of rotatable bonds is 22. The Kier molecular flexibility index (Phi) is 15.7. The fourth-order valence-corrected chi connectivity index (χ4v) is 8.73. The normalized spacial score (nSPS) is 11.1. The molecule has 0 bridgehead atoms. The highest BCUT2D eigenvalue weighted by molar-refractivity contribution is 6.08. The van der Waals surface area contributed by atoms with Crippen LogP contribution in [0.5, 0.6) is 5.75 Å². The first-order chi connectivity index (χ1) is 39.3. The zero-order valence-corrected chi connectivity index (χ0v) is 43.7. The Hall–Kier alpha value is -10.5. The number of carbonyl (C=O) groups excluding carboxylic acids is 2. The molecule has 6 N–H and O–H groups in total. The van der Waals surface area contributed by atoms with E-state index in [2.05, 4.69) is 58.8 Å². The number of carbonyl (C=O) groups is 2. The second-order valence-corrected chi connectivity index (χ2v) is 18.4. The molecule has 0 aliphatic rings. The standard InChI is InChI=1S/C62H54N12O6/c1-3-28-63-61-73-53-31-45(40-12-6-4-7-13-40)51(33-55(53)79-61)71-60(76)50-19-11-17-48(70-50)43-23-27-58(67-37-43)68-38-78-30-29-64-62-74-54-32-46(41-14-8-5-9-15-41)52(34-56(54)80-62)72-59(75)49-18-10-16-47(69-49)42-22-26-57(66-36-42)65-35-39-20-24-44(77-2)25-21-39/h4-27,31-34,36-37H,3,28-30,35,38H2,1-2H3,(H,63,73)(H,64,74)(H,65,66)(H,67,68)(H,71,76)(H,72,75). The molecule has 398 valence electrons. The number of methoxy groups -OCH3 is 1. The molecule has 0 atom stereocenters. The van der Waals surface area contributed by atoms with Gasteiger partial charge in [-0.25, -0.2) is 19.9 Å². The molecule has 18 nitrogen and oxygen atoms in total. The Bertz CT molecular complexity index is 3910. The van der Waals surface area contributed by atoms with Crippen LogP contribution >= 0.6 is 0 Å². The molecule has 0 unspecified atom stereocenters. The van der Waals surface area contributed by atoms with Crippen LogP contribution < -0.4 is 36.6 Å². The average molecular weight is 1060 g/mol. The van der Waals surface area contributed by atoms with Crippen molar-refractivity contribution in [2.24, 2.45) is 0 Å². The van der Waals surface area contributed by atoms with Crippen LogP contribution in [-0.4, -0.2) is 75.3 Å². The van der Waals surface area contributed by atoms with Gasteiger partial charge in [-0.2, -0.15) is 9.97 Å².